The van der Waals surface area contributed by atoms with Gasteiger partial charge in [-0.25, -0.2) is 0 Å². The summed E-state index contributed by atoms with van der Waals surface area (Å²) in [6.45, 7) is 0. The first kappa shape index (κ1) is 22.3. The zero-order valence-corrected chi connectivity index (χ0v) is 19.3. The summed E-state index contributed by atoms with van der Waals surface area (Å²) in [6.07, 6.45) is 0. The van der Waals surface area contributed by atoms with E-state index in [0.29, 0.717) is 38.7 Å². The normalized spacial score (nSPS) is 15.5. The van der Waals surface area contributed by atoms with Crippen molar-refractivity contribution in [3.8, 4) is 5.75 Å². The van der Waals surface area contributed by atoms with Gasteiger partial charge in [-0.3, -0.25) is 14.9 Å². The van der Waals surface area contributed by atoms with Crippen LogP contribution in [0.25, 0.3) is 16.7 Å². The zero-order valence-electron chi connectivity index (χ0n) is 18.5. The molecule has 1 unspecified atom stereocenters. The average Bonchev–Trinajstić information content (AvgIpc) is 3.27. The molecule has 0 fully saturated rings. The summed E-state index contributed by atoms with van der Waals surface area (Å²) in [5.41, 5.74) is 2.72. The van der Waals surface area contributed by atoms with E-state index < -0.39 is 16.7 Å². The van der Waals surface area contributed by atoms with Crippen LogP contribution in [0.5, 0.6) is 5.75 Å². The van der Waals surface area contributed by atoms with Crippen molar-refractivity contribution in [3.63, 3.8) is 0 Å². The monoisotopic (exact) mass is 485 g/mol. The summed E-state index contributed by atoms with van der Waals surface area (Å²) in [6, 6.07) is 21.9. The second kappa shape index (κ2) is 9.03. The number of methoxy groups -OCH3 is 1. The quantitative estimate of drug-likeness (QED) is 0.167. The number of furan rings is 1. The summed E-state index contributed by atoms with van der Waals surface area (Å²) in [4.78, 5) is 24.8. The Bertz CT molecular complexity index is 1490. The summed E-state index contributed by atoms with van der Waals surface area (Å²) < 4.78 is 11.5. The number of nitrogens with one attached hydrogen (secondary N) is 2. The fourth-order valence-corrected chi connectivity index (χ4v) is 4.40. The second-order valence-electron chi connectivity index (χ2n) is 7.82. The molecular formula is C26H19N3O5S. The minimum absolute atomic E-state index is 0.0515. The van der Waals surface area contributed by atoms with Crippen LogP contribution in [-0.2, 0) is 0 Å². The first-order valence-corrected chi connectivity index (χ1v) is 11.1. The molecule has 9 heteroatoms. The fraction of sp³-hybridized carbons (Fsp3) is 0.0769. The zero-order chi connectivity index (χ0) is 24.5. The lowest BCUT2D eigenvalue weighted by Gasteiger charge is -2.31. The van der Waals surface area contributed by atoms with Gasteiger partial charge in [0.25, 0.3) is 5.69 Å². The summed E-state index contributed by atoms with van der Waals surface area (Å²) in [7, 11) is 1.49. The Morgan fingerprint density at radius 3 is 2.40 bits per heavy atom. The third-order valence-corrected chi connectivity index (χ3v) is 6.00. The maximum absolute atomic E-state index is 14.1. The Hall–Kier alpha value is -4.50. The molecule has 0 aliphatic carbocycles. The highest BCUT2D eigenvalue weighted by Crippen LogP contribution is 2.39. The van der Waals surface area contributed by atoms with E-state index in [1.165, 1.54) is 19.2 Å². The lowest BCUT2D eigenvalue weighted by Crippen LogP contribution is -2.44. The van der Waals surface area contributed by atoms with Crippen LogP contribution in [0.2, 0.25) is 0 Å². The minimum atomic E-state index is -0.690. The van der Waals surface area contributed by atoms with E-state index in [1.54, 1.807) is 18.2 Å². The highest BCUT2D eigenvalue weighted by molar-refractivity contribution is 7.80. The number of ether oxygens (including phenoxy) is 1. The molecule has 4 aromatic rings. The van der Waals surface area contributed by atoms with Crippen LogP contribution < -0.4 is 15.4 Å². The predicted octanol–water partition coefficient (Wildman–Crippen LogP) is 5.16. The van der Waals surface area contributed by atoms with Gasteiger partial charge in [0.15, 0.2) is 10.9 Å². The van der Waals surface area contributed by atoms with Crippen LogP contribution in [0.4, 0.5) is 5.69 Å². The van der Waals surface area contributed by atoms with Crippen molar-refractivity contribution in [1.82, 2.24) is 10.6 Å². The Labute approximate surface area is 205 Å². The number of rotatable bonds is 6. The molecule has 0 bridgehead atoms. The van der Waals surface area contributed by atoms with E-state index >= 15 is 0 Å². The number of nitro groups is 1. The van der Waals surface area contributed by atoms with Crippen LogP contribution in [0.3, 0.4) is 0 Å². The Balaban J connectivity index is 1.73. The Kier molecular flexibility index (Phi) is 5.76. The van der Waals surface area contributed by atoms with E-state index in [2.05, 4.69) is 10.6 Å². The van der Waals surface area contributed by atoms with E-state index in [4.69, 9.17) is 21.4 Å². The molecule has 0 saturated heterocycles. The van der Waals surface area contributed by atoms with Crippen molar-refractivity contribution in [3.05, 3.63) is 111 Å². The molecule has 1 aliphatic heterocycles. The number of carbonyl (C=O) groups is 1. The molecular weight excluding hydrogens is 466 g/mol. The molecule has 174 valence electrons. The summed E-state index contributed by atoms with van der Waals surface area (Å²) in [5, 5.41) is 18.4. The van der Waals surface area contributed by atoms with Crippen molar-refractivity contribution in [2.75, 3.05) is 7.11 Å². The maximum Gasteiger partial charge on any atom is 0.269 e. The maximum atomic E-state index is 14.1. The third-order valence-electron chi connectivity index (χ3n) is 5.78. The molecule has 35 heavy (non-hydrogen) atoms. The van der Waals surface area contributed by atoms with Crippen LogP contribution >= 0.6 is 12.2 Å². The molecule has 1 aliphatic rings. The number of nitro benzene ring substituents is 1. The molecule has 1 aromatic heterocycles. The predicted molar refractivity (Wildman–Crippen MR) is 135 cm³/mol. The van der Waals surface area contributed by atoms with E-state index in [9.17, 15) is 14.9 Å². The molecule has 8 nitrogen and oxygen atoms in total. The number of ketones is 1. The highest BCUT2D eigenvalue weighted by Gasteiger charge is 2.36. The second-order valence-corrected chi connectivity index (χ2v) is 8.23. The van der Waals surface area contributed by atoms with E-state index in [-0.39, 0.29) is 11.4 Å². The molecule has 5 rings (SSSR count). The Morgan fingerprint density at radius 1 is 1.03 bits per heavy atom. The number of carbonyl (C=O) groups excluding carboxylic acids is 1. The Morgan fingerprint density at radius 2 is 1.71 bits per heavy atom. The average molecular weight is 486 g/mol. The van der Waals surface area contributed by atoms with Crippen molar-refractivity contribution in [2.24, 2.45) is 0 Å². The number of para-hydroxylation sites is 1. The van der Waals surface area contributed by atoms with Gasteiger partial charge in [-0.05, 0) is 47.6 Å². The topological polar surface area (TPSA) is 107 Å². The molecule has 0 radical (unpaired) electrons. The number of nitrogens with zero attached hydrogens (tertiary/aromatic N) is 1. The number of benzene rings is 3. The molecule has 3 aromatic carbocycles. The van der Waals surface area contributed by atoms with Crippen molar-refractivity contribution in [1.29, 1.82) is 0 Å². The largest absolute Gasteiger partial charge is 0.492 e. The number of hydrogen-bond acceptors (Lipinski definition) is 6. The van der Waals surface area contributed by atoms with Crippen LogP contribution in [-0.4, -0.2) is 22.9 Å². The third kappa shape index (κ3) is 4.02. The van der Waals surface area contributed by atoms with Gasteiger partial charge in [-0.15, -0.1) is 0 Å². The smallest absolute Gasteiger partial charge is 0.269 e. The van der Waals surface area contributed by atoms with Crippen LogP contribution in [0, 0.1) is 10.1 Å². The molecule has 0 saturated carbocycles. The molecule has 0 spiro atoms. The van der Waals surface area contributed by atoms with Gasteiger partial charge in [0.2, 0.25) is 11.5 Å². The number of fused-ring (bicyclic) bond motifs is 1. The first-order chi connectivity index (χ1) is 17.0. The standard InChI is InChI=1S/C26H19N3O5S/c1-33-24-18-9-5-6-10-19(18)34-25(24)23(30)20-21(15-7-3-2-4-8-15)27-26(35)28-22(20)16-11-13-17(14-12-16)29(31)32/h2-14,22H,1H3,(H2,27,28,35). The first-order valence-electron chi connectivity index (χ1n) is 10.7. The lowest BCUT2D eigenvalue weighted by atomic mass is 9.89. The molecule has 1 atom stereocenters. The number of non-ortho nitro benzene ring substituents is 1. The summed E-state index contributed by atoms with van der Waals surface area (Å²) in [5.74, 6) is -0.00988. The van der Waals surface area contributed by atoms with Gasteiger partial charge in [-0.2, -0.15) is 0 Å². The van der Waals surface area contributed by atoms with Gasteiger partial charge in [0, 0.05) is 12.1 Å². The minimum Gasteiger partial charge on any atom is -0.492 e. The van der Waals surface area contributed by atoms with Crippen molar-refractivity contribution in [2.45, 2.75) is 6.04 Å². The van der Waals surface area contributed by atoms with Crippen molar-refractivity contribution < 1.29 is 18.9 Å². The van der Waals surface area contributed by atoms with Crippen molar-refractivity contribution >= 4 is 45.5 Å². The van der Waals surface area contributed by atoms with Gasteiger partial charge < -0.3 is 19.8 Å². The SMILES string of the molecule is COc1c(C(=O)C2=C(c3ccccc3)NC(=S)NC2c2ccc([N+](=O)[O-])cc2)oc2ccccc12. The van der Waals surface area contributed by atoms with Crippen LogP contribution in [0.1, 0.15) is 27.7 Å². The molecule has 2 heterocycles. The fourth-order valence-electron chi connectivity index (χ4n) is 4.18. The highest BCUT2D eigenvalue weighted by atomic mass is 32.1. The molecule has 2 N–H and O–H groups in total. The van der Waals surface area contributed by atoms with E-state index in [1.807, 2.05) is 48.5 Å². The van der Waals surface area contributed by atoms with E-state index in [0.717, 1.165) is 5.56 Å². The van der Waals surface area contributed by atoms with Gasteiger partial charge in [0.1, 0.15) is 5.58 Å². The number of thiocarbonyl (C=S) groups is 1. The summed E-state index contributed by atoms with van der Waals surface area (Å²) >= 11 is 5.46. The van der Waals surface area contributed by atoms with Gasteiger partial charge in [-0.1, -0.05) is 42.5 Å². The molecule has 0 amide bonds. The van der Waals surface area contributed by atoms with Gasteiger partial charge in [0.05, 0.1) is 34.7 Å². The lowest BCUT2D eigenvalue weighted by molar-refractivity contribution is -0.384. The van der Waals surface area contributed by atoms with Crippen LogP contribution in [0.15, 0.2) is 88.9 Å². The number of Topliss-reactive ketones (excluding diaryl/α,β-unsaturated/α-hetero) is 1. The number of hydrogen-bond donors (Lipinski definition) is 2. The van der Waals surface area contributed by atoms with Gasteiger partial charge >= 0.3 is 0 Å².